The summed E-state index contributed by atoms with van der Waals surface area (Å²) in [5.74, 6) is -1.21. The third-order valence-corrected chi connectivity index (χ3v) is 4.61. The van der Waals surface area contributed by atoms with E-state index in [1.54, 1.807) is 12.1 Å². The van der Waals surface area contributed by atoms with Crippen LogP contribution in [0.4, 0.5) is 0 Å². The van der Waals surface area contributed by atoms with Crippen LogP contribution in [0.2, 0.25) is 0 Å². The maximum absolute atomic E-state index is 12.5. The molecular formula is C24H36O5. The highest BCUT2D eigenvalue weighted by molar-refractivity contribution is 6.17. The minimum atomic E-state index is -0.662. The van der Waals surface area contributed by atoms with Crippen LogP contribution < -0.4 is 0 Å². The third kappa shape index (κ3) is 11.3. The van der Waals surface area contributed by atoms with Gasteiger partial charge in [0.2, 0.25) is 0 Å². The number of hydrogen-bond donors (Lipinski definition) is 1. The van der Waals surface area contributed by atoms with Crippen LogP contribution in [0.25, 0.3) is 6.08 Å². The highest BCUT2D eigenvalue weighted by atomic mass is 16.6. The van der Waals surface area contributed by atoms with Crippen molar-refractivity contribution in [2.75, 3.05) is 13.2 Å². The lowest BCUT2D eigenvalue weighted by molar-refractivity contribution is -0.147. The number of rotatable bonds is 15. The number of carbonyl (C=O) groups excluding carboxylic acids is 2. The molecule has 0 atom stereocenters. The zero-order valence-corrected chi connectivity index (χ0v) is 18.0. The Balaban J connectivity index is 2.64. The van der Waals surface area contributed by atoms with Gasteiger partial charge in [0.1, 0.15) is 11.3 Å². The largest absolute Gasteiger partial charge is 0.508 e. The van der Waals surface area contributed by atoms with Gasteiger partial charge in [-0.3, -0.25) is 0 Å². The Morgan fingerprint density at radius 3 is 1.66 bits per heavy atom. The number of aromatic hydroxyl groups is 1. The van der Waals surface area contributed by atoms with Crippen molar-refractivity contribution in [3.63, 3.8) is 0 Å². The molecule has 1 aromatic rings. The Morgan fingerprint density at radius 1 is 0.759 bits per heavy atom. The zero-order valence-electron chi connectivity index (χ0n) is 18.0. The van der Waals surface area contributed by atoms with Crippen molar-refractivity contribution in [2.45, 2.75) is 78.1 Å². The van der Waals surface area contributed by atoms with E-state index in [0.717, 1.165) is 51.4 Å². The van der Waals surface area contributed by atoms with Gasteiger partial charge in [-0.15, -0.1) is 0 Å². The van der Waals surface area contributed by atoms with Crippen molar-refractivity contribution in [1.29, 1.82) is 0 Å². The minimum Gasteiger partial charge on any atom is -0.508 e. The van der Waals surface area contributed by atoms with Gasteiger partial charge in [-0.05, 0) is 36.6 Å². The molecule has 1 N–H and O–H groups in total. The summed E-state index contributed by atoms with van der Waals surface area (Å²) in [6.07, 6.45) is 11.9. The van der Waals surface area contributed by atoms with Crippen LogP contribution in [0.3, 0.4) is 0 Å². The normalized spacial score (nSPS) is 10.4. The van der Waals surface area contributed by atoms with Gasteiger partial charge in [0, 0.05) is 0 Å². The van der Waals surface area contributed by atoms with Crippen LogP contribution in [0.5, 0.6) is 5.75 Å². The fourth-order valence-corrected chi connectivity index (χ4v) is 2.83. The van der Waals surface area contributed by atoms with E-state index in [-0.39, 0.29) is 11.3 Å². The molecule has 5 nitrogen and oxygen atoms in total. The van der Waals surface area contributed by atoms with Crippen molar-refractivity contribution >= 4 is 18.0 Å². The molecule has 1 rings (SSSR count). The molecule has 0 radical (unpaired) electrons. The van der Waals surface area contributed by atoms with E-state index in [4.69, 9.17) is 9.47 Å². The van der Waals surface area contributed by atoms with Crippen LogP contribution >= 0.6 is 0 Å². The summed E-state index contributed by atoms with van der Waals surface area (Å²) in [7, 11) is 0. The molecule has 0 fully saturated rings. The van der Waals surface area contributed by atoms with Gasteiger partial charge in [-0.2, -0.15) is 0 Å². The number of carbonyl (C=O) groups is 2. The topological polar surface area (TPSA) is 72.8 Å². The molecule has 0 aliphatic rings. The molecule has 0 aromatic heterocycles. The molecule has 0 bridgehead atoms. The molecule has 29 heavy (non-hydrogen) atoms. The smallest absolute Gasteiger partial charge is 0.345 e. The minimum absolute atomic E-state index is 0.113. The van der Waals surface area contributed by atoms with Crippen LogP contribution in [-0.2, 0) is 19.1 Å². The second-order valence-electron chi connectivity index (χ2n) is 7.25. The second-order valence-corrected chi connectivity index (χ2v) is 7.25. The van der Waals surface area contributed by atoms with E-state index in [1.165, 1.54) is 31.1 Å². The number of esters is 2. The molecule has 0 heterocycles. The second kappa shape index (κ2) is 15.6. The van der Waals surface area contributed by atoms with E-state index >= 15 is 0 Å². The lowest BCUT2D eigenvalue weighted by Crippen LogP contribution is -2.19. The molecule has 5 heteroatoms. The van der Waals surface area contributed by atoms with Gasteiger partial charge in [0.25, 0.3) is 0 Å². The molecule has 1 aromatic carbocycles. The fraction of sp³-hybridized carbons (Fsp3) is 0.583. The number of ether oxygens (including phenoxy) is 2. The molecule has 0 amide bonds. The average Bonchev–Trinajstić information content (AvgIpc) is 2.72. The molecule has 0 saturated carbocycles. The number of phenols is 1. The average molecular weight is 405 g/mol. The van der Waals surface area contributed by atoms with E-state index in [9.17, 15) is 14.7 Å². The number of unbranched alkanes of at least 4 members (excludes halogenated alkanes) is 8. The molecule has 0 unspecified atom stereocenters. The number of phenolic OH excluding ortho intramolecular Hbond substituents is 1. The molecule has 0 spiro atoms. The zero-order chi connectivity index (χ0) is 21.3. The Morgan fingerprint density at radius 2 is 1.21 bits per heavy atom. The summed E-state index contributed by atoms with van der Waals surface area (Å²) in [5.41, 5.74) is 0.510. The first-order valence-corrected chi connectivity index (χ1v) is 10.9. The first-order valence-electron chi connectivity index (χ1n) is 10.9. The molecule has 162 valence electrons. The summed E-state index contributed by atoms with van der Waals surface area (Å²) in [6, 6.07) is 6.26. The van der Waals surface area contributed by atoms with Crippen molar-refractivity contribution in [3.05, 3.63) is 35.4 Å². The summed E-state index contributed by atoms with van der Waals surface area (Å²) in [6.45, 7) is 4.88. The highest BCUT2D eigenvalue weighted by Gasteiger charge is 2.21. The molecule has 0 saturated heterocycles. The highest BCUT2D eigenvalue weighted by Crippen LogP contribution is 2.15. The monoisotopic (exact) mass is 404 g/mol. The third-order valence-electron chi connectivity index (χ3n) is 4.61. The van der Waals surface area contributed by atoms with E-state index in [1.807, 2.05) is 0 Å². The summed E-state index contributed by atoms with van der Waals surface area (Å²) < 4.78 is 10.6. The van der Waals surface area contributed by atoms with Crippen molar-refractivity contribution < 1.29 is 24.2 Å². The molecular weight excluding hydrogens is 368 g/mol. The standard InChI is InChI=1S/C24H36O5/c1-3-5-7-9-11-17-28-23(26)22(19-20-13-15-21(25)16-14-20)24(27)29-18-12-10-8-6-4-2/h13-16,19,25H,3-12,17-18H2,1-2H3. The first-order chi connectivity index (χ1) is 14.1. The van der Waals surface area contributed by atoms with Gasteiger partial charge in [-0.1, -0.05) is 77.3 Å². The Hall–Kier alpha value is -2.30. The van der Waals surface area contributed by atoms with E-state index < -0.39 is 11.9 Å². The van der Waals surface area contributed by atoms with Crippen LogP contribution in [0.15, 0.2) is 29.8 Å². The van der Waals surface area contributed by atoms with Gasteiger partial charge < -0.3 is 14.6 Å². The maximum Gasteiger partial charge on any atom is 0.345 e. The van der Waals surface area contributed by atoms with Crippen molar-refractivity contribution in [3.8, 4) is 5.75 Å². The summed E-state index contributed by atoms with van der Waals surface area (Å²) in [4.78, 5) is 25.0. The summed E-state index contributed by atoms with van der Waals surface area (Å²) in [5, 5.41) is 9.41. The Kier molecular flexibility index (Phi) is 13.3. The predicted octanol–water partition coefficient (Wildman–Crippen LogP) is 5.80. The van der Waals surface area contributed by atoms with Crippen molar-refractivity contribution in [1.82, 2.24) is 0 Å². The molecule has 0 aliphatic heterocycles. The van der Waals surface area contributed by atoms with E-state index in [2.05, 4.69) is 13.8 Å². The van der Waals surface area contributed by atoms with Crippen LogP contribution in [0.1, 0.15) is 83.6 Å². The fourth-order valence-electron chi connectivity index (χ4n) is 2.83. The van der Waals surface area contributed by atoms with Gasteiger partial charge in [0.15, 0.2) is 0 Å². The quantitative estimate of drug-likeness (QED) is 0.131. The Bertz CT molecular complexity index is 589. The number of benzene rings is 1. The maximum atomic E-state index is 12.5. The summed E-state index contributed by atoms with van der Waals surface area (Å²) >= 11 is 0. The van der Waals surface area contributed by atoms with E-state index in [0.29, 0.717) is 18.8 Å². The van der Waals surface area contributed by atoms with Gasteiger partial charge in [0.05, 0.1) is 13.2 Å². The molecule has 0 aliphatic carbocycles. The van der Waals surface area contributed by atoms with Crippen LogP contribution in [0, 0.1) is 0 Å². The Labute approximate surface area is 175 Å². The van der Waals surface area contributed by atoms with Gasteiger partial charge >= 0.3 is 11.9 Å². The first kappa shape index (κ1) is 24.7. The van der Waals surface area contributed by atoms with Crippen LogP contribution in [-0.4, -0.2) is 30.3 Å². The lowest BCUT2D eigenvalue weighted by atomic mass is 10.1. The number of hydrogen-bond acceptors (Lipinski definition) is 5. The lowest BCUT2D eigenvalue weighted by Gasteiger charge is -2.09. The predicted molar refractivity (Wildman–Crippen MR) is 116 cm³/mol. The SMILES string of the molecule is CCCCCCCOC(=O)C(=Cc1ccc(O)cc1)C(=O)OCCCCCCC. The van der Waals surface area contributed by atoms with Gasteiger partial charge in [-0.25, -0.2) is 9.59 Å². The van der Waals surface area contributed by atoms with Crippen molar-refractivity contribution in [2.24, 2.45) is 0 Å².